The van der Waals surface area contributed by atoms with Gasteiger partial charge in [-0.25, -0.2) is 0 Å². The number of hydrogen-bond acceptors (Lipinski definition) is 2. The molecule has 2 N–H and O–H groups in total. The molecule has 0 radical (unpaired) electrons. The summed E-state index contributed by atoms with van der Waals surface area (Å²) in [6.07, 6.45) is 3.78. The number of hydrogen-bond donors (Lipinski definition) is 1. The highest BCUT2D eigenvalue weighted by Gasteiger charge is 2.13. The van der Waals surface area contributed by atoms with E-state index >= 15 is 0 Å². The second-order valence-electron chi connectivity index (χ2n) is 4.26. The van der Waals surface area contributed by atoms with E-state index in [2.05, 4.69) is 9.67 Å². The molecule has 0 aliphatic heterocycles. The summed E-state index contributed by atoms with van der Waals surface area (Å²) in [4.78, 5) is 11.2. The van der Waals surface area contributed by atoms with Crippen LogP contribution in [0.4, 0.5) is 0 Å². The molecule has 0 aliphatic rings. The van der Waals surface area contributed by atoms with Crippen molar-refractivity contribution >= 4 is 5.91 Å². The van der Waals surface area contributed by atoms with E-state index in [1.165, 1.54) is 0 Å². The van der Waals surface area contributed by atoms with Crippen molar-refractivity contribution in [3.8, 4) is 0 Å². The predicted octanol–water partition coefficient (Wildman–Crippen LogP) is 0.986. The molecule has 5 heteroatoms. The third-order valence-electron chi connectivity index (χ3n) is 2.94. The van der Waals surface area contributed by atoms with Crippen molar-refractivity contribution in [1.29, 1.82) is 0 Å². The Morgan fingerprint density at radius 1 is 1.47 bits per heavy atom. The Balaban J connectivity index is 2.36. The van der Waals surface area contributed by atoms with E-state index in [4.69, 9.17) is 5.73 Å². The summed E-state index contributed by atoms with van der Waals surface area (Å²) in [6, 6.07) is 1.83. The van der Waals surface area contributed by atoms with Crippen LogP contribution in [0.2, 0.25) is 0 Å². The van der Waals surface area contributed by atoms with Gasteiger partial charge < -0.3 is 10.3 Å². The highest BCUT2D eigenvalue weighted by molar-refractivity contribution is 5.94. The minimum absolute atomic E-state index is 0.379. The molecule has 1 amide bonds. The second-order valence-corrected chi connectivity index (χ2v) is 4.26. The van der Waals surface area contributed by atoms with Gasteiger partial charge in [0.2, 0.25) is 0 Å². The van der Waals surface area contributed by atoms with Crippen LogP contribution in [0.25, 0.3) is 0 Å². The zero-order valence-corrected chi connectivity index (χ0v) is 10.3. The van der Waals surface area contributed by atoms with Crippen molar-refractivity contribution in [2.45, 2.75) is 20.4 Å². The summed E-state index contributed by atoms with van der Waals surface area (Å²) in [5.41, 5.74) is 8.95. The average molecular weight is 232 g/mol. The van der Waals surface area contributed by atoms with E-state index in [0.717, 1.165) is 17.0 Å². The topological polar surface area (TPSA) is 65.8 Å². The van der Waals surface area contributed by atoms with Crippen LogP contribution in [0.3, 0.4) is 0 Å². The zero-order chi connectivity index (χ0) is 12.6. The molecule has 0 saturated heterocycles. The minimum Gasteiger partial charge on any atom is -0.366 e. The van der Waals surface area contributed by atoms with E-state index in [-0.39, 0.29) is 5.91 Å². The van der Waals surface area contributed by atoms with Crippen LogP contribution in [0.5, 0.6) is 0 Å². The van der Waals surface area contributed by atoms with Crippen LogP contribution >= 0.6 is 0 Å². The van der Waals surface area contributed by atoms with Crippen molar-refractivity contribution in [3.63, 3.8) is 0 Å². The van der Waals surface area contributed by atoms with E-state index in [1.807, 2.05) is 39.4 Å². The standard InChI is InChI=1S/C12H16N4O/c1-8-4-11(12(13)17)9(2)16(8)7-10-5-14-15(3)6-10/h4-6H,7H2,1-3H3,(H2,13,17). The molecule has 0 aromatic carbocycles. The Morgan fingerprint density at radius 3 is 2.65 bits per heavy atom. The Morgan fingerprint density at radius 2 is 2.18 bits per heavy atom. The number of aromatic nitrogens is 3. The number of nitrogens with two attached hydrogens (primary N) is 1. The van der Waals surface area contributed by atoms with Crippen molar-refractivity contribution < 1.29 is 4.79 Å². The Labute approximate surface area is 99.8 Å². The van der Waals surface area contributed by atoms with Crippen LogP contribution in [0.1, 0.15) is 27.3 Å². The minimum atomic E-state index is -0.379. The largest absolute Gasteiger partial charge is 0.366 e. The van der Waals surface area contributed by atoms with Crippen molar-refractivity contribution in [3.05, 3.63) is 41.0 Å². The van der Waals surface area contributed by atoms with Gasteiger partial charge in [0.25, 0.3) is 5.91 Å². The number of rotatable bonds is 3. The van der Waals surface area contributed by atoms with Gasteiger partial charge in [-0.3, -0.25) is 9.48 Å². The molecule has 0 aliphatic carbocycles. The molecule has 17 heavy (non-hydrogen) atoms. The van der Waals surface area contributed by atoms with Gasteiger partial charge >= 0.3 is 0 Å². The Kier molecular flexibility index (Phi) is 2.75. The molecule has 0 bridgehead atoms. The molecular formula is C12H16N4O. The number of amides is 1. The lowest BCUT2D eigenvalue weighted by molar-refractivity contribution is 0.0999. The fraction of sp³-hybridized carbons (Fsp3) is 0.333. The maximum atomic E-state index is 11.2. The smallest absolute Gasteiger partial charge is 0.250 e. The zero-order valence-electron chi connectivity index (χ0n) is 10.3. The van der Waals surface area contributed by atoms with E-state index in [9.17, 15) is 4.79 Å². The quantitative estimate of drug-likeness (QED) is 0.857. The molecule has 2 aromatic heterocycles. The summed E-state index contributed by atoms with van der Waals surface area (Å²) in [6.45, 7) is 4.58. The number of carbonyl (C=O) groups is 1. The first-order valence-electron chi connectivity index (χ1n) is 5.43. The average Bonchev–Trinajstić information content (AvgIpc) is 2.77. The fourth-order valence-corrected chi connectivity index (χ4v) is 2.03. The van der Waals surface area contributed by atoms with E-state index in [1.54, 1.807) is 4.68 Å². The van der Waals surface area contributed by atoms with Gasteiger partial charge in [-0.1, -0.05) is 0 Å². The summed E-state index contributed by atoms with van der Waals surface area (Å²) in [5, 5.41) is 4.13. The van der Waals surface area contributed by atoms with E-state index < -0.39 is 0 Å². The maximum Gasteiger partial charge on any atom is 0.250 e. The van der Waals surface area contributed by atoms with Gasteiger partial charge in [0.1, 0.15) is 0 Å². The molecule has 2 rings (SSSR count). The highest BCUT2D eigenvalue weighted by Crippen LogP contribution is 2.16. The monoisotopic (exact) mass is 232 g/mol. The predicted molar refractivity (Wildman–Crippen MR) is 64.7 cm³/mol. The number of nitrogens with zero attached hydrogens (tertiary/aromatic N) is 3. The molecule has 0 unspecified atom stereocenters. The van der Waals surface area contributed by atoms with Gasteiger partial charge in [-0.05, 0) is 19.9 Å². The van der Waals surface area contributed by atoms with Gasteiger partial charge in [0, 0.05) is 30.2 Å². The van der Waals surface area contributed by atoms with Gasteiger partial charge in [-0.15, -0.1) is 0 Å². The summed E-state index contributed by atoms with van der Waals surface area (Å²) >= 11 is 0. The first-order valence-corrected chi connectivity index (χ1v) is 5.43. The number of carbonyl (C=O) groups excluding carboxylic acids is 1. The lowest BCUT2D eigenvalue weighted by Crippen LogP contribution is -2.12. The first kappa shape index (κ1) is 11.4. The van der Waals surface area contributed by atoms with Crippen LogP contribution in [-0.4, -0.2) is 20.3 Å². The van der Waals surface area contributed by atoms with Crippen molar-refractivity contribution in [2.24, 2.45) is 12.8 Å². The second kappa shape index (κ2) is 4.08. The van der Waals surface area contributed by atoms with Crippen LogP contribution in [-0.2, 0) is 13.6 Å². The third-order valence-corrected chi connectivity index (χ3v) is 2.94. The Bertz CT molecular complexity index is 565. The van der Waals surface area contributed by atoms with Gasteiger partial charge in [0.15, 0.2) is 0 Å². The molecule has 2 aromatic rings. The highest BCUT2D eigenvalue weighted by atomic mass is 16.1. The summed E-state index contributed by atoms with van der Waals surface area (Å²) < 4.78 is 3.83. The number of aryl methyl sites for hydroxylation is 2. The normalized spacial score (nSPS) is 10.8. The van der Waals surface area contributed by atoms with Crippen LogP contribution in [0.15, 0.2) is 18.5 Å². The first-order chi connectivity index (χ1) is 7.99. The molecule has 0 saturated carbocycles. The molecular weight excluding hydrogens is 216 g/mol. The molecule has 0 atom stereocenters. The third kappa shape index (κ3) is 2.08. The van der Waals surface area contributed by atoms with Crippen molar-refractivity contribution in [2.75, 3.05) is 0 Å². The fourth-order valence-electron chi connectivity index (χ4n) is 2.03. The Hall–Kier alpha value is -2.04. The lowest BCUT2D eigenvalue weighted by atomic mass is 10.2. The summed E-state index contributed by atoms with van der Waals surface area (Å²) in [7, 11) is 1.88. The molecule has 0 spiro atoms. The molecule has 2 heterocycles. The van der Waals surface area contributed by atoms with Crippen LogP contribution in [0, 0.1) is 13.8 Å². The SMILES string of the molecule is Cc1cc(C(N)=O)c(C)n1Cc1cnn(C)c1. The summed E-state index contributed by atoms with van der Waals surface area (Å²) in [5.74, 6) is -0.379. The van der Waals surface area contributed by atoms with Gasteiger partial charge in [-0.2, -0.15) is 5.10 Å². The van der Waals surface area contributed by atoms with Crippen molar-refractivity contribution in [1.82, 2.24) is 14.3 Å². The molecule has 0 fully saturated rings. The number of primary amides is 1. The van der Waals surface area contributed by atoms with Gasteiger partial charge in [0.05, 0.1) is 18.3 Å². The van der Waals surface area contributed by atoms with E-state index in [0.29, 0.717) is 12.1 Å². The lowest BCUT2D eigenvalue weighted by Gasteiger charge is -2.07. The molecule has 5 nitrogen and oxygen atoms in total. The molecule has 90 valence electrons. The van der Waals surface area contributed by atoms with Crippen LogP contribution < -0.4 is 5.73 Å². The maximum absolute atomic E-state index is 11.2.